The summed E-state index contributed by atoms with van der Waals surface area (Å²) in [6, 6.07) is 8.72. The Hall–Kier alpha value is -0.980. The highest BCUT2D eigenvalue weighted by atomic mass is 14.8. The molecule has 0 aliphatic rings. The van der Waals surface area contributed by atoms with E-state index in [0.717, 1.165) is 0 Å². The summed E-state index contributed by atoms with van der Waals surface area (Å²) in [5.74, 6) is 0. The molecule has 0 aliphatic heterocycles. The molecule has 15 heavy (non-hydrogen) atoms. The van der Waals surface area contributed by atoms with Gasteiger partial charge in [-0.15, -0.1) is 0 Å². The number of rotatable bonds is 2. The van der Waals surface area contributed by atoms with Crippen LogP contribution in [0.2, 0.25) is 0 Å². The standard InChI is InChI=1S/C14H23N/c1-13(2,3)14(4,5)11-7-9-12(15-6)10-8-11/h7-10,15H,1-6H3. The molecule has 1 aromatic carbocycles. The average molecular weight is 205 g/mol. The van der Waals surface area contributed by atoms with Crippen LogP contribution in [0.3, 0.4) is 0 Å². The summed E-state index contributed by atoms with van der Waals surface area (Å²) in [6.45, 7) is 11.5. The van der Waals surface area contributed by atoms with Gasteiger partial charge in [0.25, 0.3) is 0 Å². The van der Waals surface area contributed by atoms with E-state index in [2.05, 4.69) is 64.2 Å². The van der Waals surface area contributed by atoms with Crippen LogP contribution in [0, 0.1) is 5.41 Å². The van der Waals surface area contributed by atoms with Gasteiger partial charge in [0.15, 0.2) is 0 Å². The van der Waals surface area contributed by atoms with E-state index in [0.29, 0.717) is 0 Å². The van der Waals surface area contributed by atoms with E-state index in [1.165, 1.54) is 11.3 Å². The van der Waals surface area contributed by atoms with Crippen LogP contribution in [0.5, 0.6) is 0 Å². The highest BCUT2D eigenvalue weighted by Gasteiger charge is 2.34. The summed E-state index contributed by atoms with van der Waals surface area (Å²) in [6.07, 6.45) is 0. The number of hydrogen-bond acceptors (Lipinski definition) is 1. The van der Waals surface area contributed by atoms with Crippen molar-refractivity contribution in [2.24, 2.45) is 5.41 Å². The molecule has 0 atom stereocenters. The molecule has 0 spiro atoms. The van der Waals surface area contributed by atoms with Gasteiger partial charge in [-0.2, -0.15) is 0 Å². The molecule has 0 saturated heterocycles. The molecule has 1 aromatic rings. The maximum Gasteiger partial charge on any atom is 0.0337 e. The van der Waals surface area contributed by atoms with Gasteiger partial charge in [0.1, 0.15) is 0 Å². The van der Waals surface area contributed by atoms with Gasteiger partial charge >= 0.3 is 0 Å². The SMILES string of the molecule is CNc1ccc(C(C)(C)C(C)(C)C)cc1. The van der Waals surface area contributed by atoms with Crippen LogP contribution in [-0.4, -0.2) is 7.05 Å². The molecule has 0 saturated carbocycles. The zero-order valence-electron chi connectivity index (χ0n) is 10.8. The van der Waals surface area contributed by atoms with Gasteiger partial charge in [-0.05, 0) is 28.5 Å². The normalized spacial score (nSPS) is 12.7. The number of benzene rings is 1. The second kappa shape index (κ2) is 3.88. The average Bonchev–Trinajstić information content (AvgIpc) is 2.16. The molecule has 0 heterocycles. The van der Waals surface area contributed by atoms with E-state index < -0.39 is 0 Å². The molecule has 0 amide bonds. The van der Waals surface area contributed by atoms with Crippen molar-refractivity contribution >= 4 is 5.69 Å². The first-order chi connectivity index (χ1) is 6.79. The summed E-state index contributed by atoms with van der Waals surface area (Å²) in [5.41, 5.74) is 3.03. The van der Waals surface area contributed by atoms with Gasteiger partial charge in [-0.1, -0.05) is 46.8 Å². The van der Waals surface area contributed by atoms with Crippen molar-refractivity contribution in [3.8, 4) is 0 Å². The van der Waals surface area contributed by atoms with E-state index in [-0.39, 0.29) is 10.8 Å². The third-order valence-corrected chi connectivity index (χ3v) is 3.77. The lowest BCUT2D eigenvalue weighted by Crippen LogP contribution is -2.33. The lowest BCUT2D eigenvalue weighted by Gasteiger charge is -2.39. The van der Waals surface area contributed by atoms with Gasteiger partial charge in [0.2, 0.25) is 0 Å². The minimum atomic E-state index is 0.194. The number of anilines is 1. The second-order valence-electron chi connectivity index (χ2n) is 5.70. The highest BCUT2D eigenvalue weighted by Crippen LogP contribution is 2.40. The van der Waals surface area contributed by atoms with E-state index in [4.69, 9.17) is 0 Å². The Kier molecular flexibility index (Phi) is 3.13. The zero-order valence-corrected chi connectivity index (χ0v) is 10.8. The van der Waals surface area contributed by atoms with Gasteiger partial charge < -0.3 is 5.32 Å². The highest BCUT2D eigenvalue weighted by molar-refractivity contribution is 5.45. The van der Waals surface area contributed by atoms with Crippen molar-refractivity contribution in [2.45, 2.75) is 40.0 Å². The molecule has 0 fully saturated rings. The lowest BCUT2D eigenvalue weighted by atomic mass is 9.65. The second-order valence-corrected chi connectivity index (χ2v) is 5.70. The van der Waals surface area contributed by atoms with E-state index in [1.807, 2.05) is 7.05 Å². The zero-order chi connectivity index (χ0) is 11.7. The third kappa shape index (κ3) is 2.34. The fourth-order valence-corrected chi connectivity index (χ4v) is 1.49. The fraction of sp³-hybridized carbons (Fsp3) is 0.571. The fourth-order valence-electron chi connectivity index (χ4n) is 1.49. The maximum atomic E-state index is 3.14. The van der Waals surface area contributed by atoms with Crippen molar-refractivity contribution in [1.82, 2.24) is 0 Å². The van der Waals surface area contributed by atoms with Crippen LogP contribution in [0.15, 0.2) is 24.3 Å². The predicted octanol–water partition coefficient (Wildman–Crippen LogP) is 4.05. The molecule has 0 aliphatic carbocycles. The molecule has 0 bridgehead atoms. The minimum absolute atomic E-state index is 0.194. The number of nitrogens with one attached hydrogen (secondary N) is 1. The molecule has 1 nitrogen and oxygen atoms in total. The Morgan fingerprint density at radius 2 is 1.33 bits per heavy atom. The molecule has 1 rings (SSSR count). The topological polar surface area (TPSA) is 12.0 Å². The van der Waals surface area contributed by atoms with E-state index >= 15 is 0 Å². The first-order valence-corrected chi connectivity index (χ1v) is 5.57. The minimum Gasteiger partial charge on any atom is -0.388 e. The molecular formula is C14H23N. The van der Waals surface area contributed by atoms with Crippen LogP contribution in [0.1, 0.15) is 40.2 Å². The lowest BCUT2D eigenvalue weighted by molar-refractivity contribution is 0.225. The molecule has 0 aromatic heterocycles. The smallest absolute Gasteiger partial charge is 0.0337 e. The van der Waals surface area contributed by atoms with Gasteiger partial charge in [-0.25, -0.2) is 0 Å². The maximum absolute atomic E-state index is 3.14. The van der Waals surface area contributed by atoms with Gasteiger partial charge in [-0.3, -0.25) is 0 Å². The quantitative estimate of drug-likeness (QED) is 0.768. The van der Waals surface area contributed by atoms with Gasteiger partial charge in [0.05, 0.1) is 0 Å². The van der Waals surface area contributed by atoms with Crippen molar-refractivity contribution in [3.63, 3.8) is 0 Å². The van der Waals surface area contributed by atoms with Gasteiger partial charge in [0, 0.05) is 12.7 Å². The summed E-state index contributed by atoms with van der Waals surface area (Å²) in [4.78, 5) is 0. The summed E-state index contributed by atoms with van der Waals surface area (Å²) in [5, 5.41) is 3.14. The van der Waals surface area contributed by atoms with E-state index in [9.17, 15) is 0 Å². The Morgan fingerprint density at radius 3 is 1.67 bits per heavy atom. The van der Waals surface area contributed by atoms with Crippen LogP contribution >= 0.6 is 0 Å². The summed E-state index contributed by atoms with van der Waals surface area (Å²) >= 11 is 0. The van der Waals surface area contributed by atoms with Crippen molar-refractivity contribution in [3.05, 3.63) is 29.8 Å². The Labute approximate surface area is 93.9 Å². The van der Waals surface area contributed by atoms with Crippen LogP contribution in [0.25, 0.3) is 0 Å². The third-order valence-electron chi connectivity index (χ3n) is 3.77. The molecular weight excluding hydrogens is 182 g/mol. The van der Waals surface area contributed by atoms with Crippen molar-refractivity contribution < 1.29 is 0 Å². The first-order valence-electron chi connectivity index (χ1n) is 5.57. The summed E-state index contributed by atoms with van der Waals surface area (Å²) < 4.78 is 0. The van der Waals surface area contributed by atoms with Crippen LogP contribution in [0.4, 0.5) is 5.69 Å². The predicted molar refractivity (Wildman–Crippen MR) is 68.5 cm³/mol. The molecule has 84 valence electrons. The molecule has 1 heteroatoms. The van der Waals surface area contributed by atoms with E-state index in [1.54, 1.807) is 0 Å². The Balaban J connectivity index is 3.06. The molecule has 1 N–H and O–H groups in total. The Morgan fingerprint density at radius 1 is 0.867 bits per heavy atom. The van der Waals surface area contributed by atoms with Crippen molar-refractivity contribution in [1.29, 1.82) is 0 Å². The van der Waals surface area contributed by atoms with Crippen molar-refractivity contribution in [2.75, 3.05) is 12.4 Å². The van der Waals surface area contributed by atoms with Crippen LogP contribution < -0.4 is 5.32 Å². The number of hydrogen-bond donors (Lipinski definition) is 1. The monoisotopic (exact) mass is 205 g/mol. The molecule has 0 unspecified atom stereocenters. The Bertz CT molecular complexity index is 314. The largest absolute Gasteiger partial charge is 0.388 e. The van der Waals surface area contributed by atoms with Crippen LogP contribution in [-0.2, 0) is 5.41 Å². The molecule has 0 radical (unpaired) electrons. The summed E-state index contributed by atoms with van der Waals surface area (Å²) in [7, 11) is 1.95. The first kappa shape index (κ1) is 12.1.